The van der Waals surface area contributed by atoms with E-state index in [4.69, 9.17) is 9.47 Å². The summed E-state index contributed by atoms with van der Waals surface area (Å²) in [4.78, 5) is 31.9. The number of benzene rings is 3. The number of para-hydroxylation sites is 2. The number of methoxy groups -OCH3 is 1. The molecule has 0 radical (unpaired) electrons. The molecular formula is C24H20N4O4S. The summed E-state index contributed by atoms with van der Waals surface area (Å²) in [6, 6.07) is 21.3. The molecule has 8 nitrogen and oxygen atoms in total. The lowest BCUT2D eigenvalue weighted by Gasteiger charge is -2.10. The number of hydrogen-bond acceptors (Lipinski definition) is 7. The number of amides is 1. The van der Waals surface area contributed by atoms with E-state index in [1.165, 1.54) is 25.1 Å². The van der Waals surface area contributed by atoms with E-state index in [1.54, 1.807) is 42.5 Å². The zero-order valence-electron chi connectivity index (χ0n) is 17.6. The predicted molar refractivity (Wildman–Crippen MR) is 127 cm³/mol. The van der Waals surface area contributed by atoms with E-state index in [0.717, 1.165) is 11.0 Å². The molecule has 0 fully saturated rings. The van der Waals surface area contributed by atoms with Gasteiger partial charge in [0.25, 0.3) is 5.91 Å². The van der Waals surface area contributed by atoms with Crippen molar-refractivity contribution in [2.75, 3.05) is 12.9 Å². The Morgan fingerprint density at radius 3 is 2.64 bits per heavy atom. The standard InChI is InChI=1S/C24H20N4O4S/c1-31-21-13-16(11-12-20(21)32-23(30)17-7-3-2-4-8-17)14-25-28-22(29)15-33-24-26-18-9-5-6-10-19(18)27-24/h2-14H,15H2,1H3,(H,26,27)(H,28,29)/b25-14-. The third-order valence-corrected chi connectivity index (χ3v) is 5.38. The second-order valence-corrected chi connectivity index (χ2v) is 7.77. The number of hydrazone groups is 1. The quantitative estimate of drug-likeness (QED) is 0.135. The first-order chi connectivity index (χ1) is 16.1. The molecule has 3 aromatic carbocycles. The van der Waals surface area contributed by atoms with E-state index in [0.29, 0.717) is 22.0 Å². The van der Waals surface area contributed by atoms with Crippen molar-refractivity contribution in [1.82, 2.24) is 15.4 Å². The Morgan fingerprint density at radius 2 is 1.85 bits per heavy atom. The van der Waals surface area contributed by atoms with Crippen LogP contribution in [-0.4, -0.2) is 40.9 Å². The maximum absolute atomic E-state index is 12.3. The molecule has 1 amide bonds. The molecule has 4 rings (SSSR count). The minimum atomic E-state index is -0.482. The molecule has 0 saturated heterocycles. The number of ether oxygens (including phenoxy) is 2. The van der Waals surface area contributed by atoms with Crippen molar-refractivity contribution in [3.63, 3.8) is 0 Å². The van der Waals surface area contributed by atoms with Crippen molar-refractivity contribution < 1.29 is 19.1 Å². The molecule has 0 aliphatic carbocycles. The van der Waals surface area contributed by atoms with Crippen LogP contribution in [-0.2, 0) is 4.79 Å². The van der Waals surface area contributed by atoms with Gasteiger partial charge in [-0.3, -0.25) is 4.79 Å². The second-order valence-electron chi connectivity index (χ2n) is 6.81. The van der Waals surface area contributed by atoms with Crippen LogP contribution >= 0.6 is 11.8 Å². The van der Waals surface area contributed by atoms with Crippen molar-refractivity contribution in [1.29, 1.82) is 0 Å². The highest BCUT2D eigenvalue weighted by Gasteiger charge is 2.12. The van der Waals surface area contributed by atoms with Gasteiger partial charge in [-0.1, -0.05) is 42.1 Å². The van der Waals surface area contributed by atoms with Gasteiger partial charge in [0.1, 0.15) is 0 Å². The Morgan fingerprint density at radius 1 is 1.06 bits per heavy atom. The van der Waals surface area contributed by atoms with Gasteiger partial charge in [0.15, 0.2) is 16.7 Å². The number of nitrogens with zero attached hydrogens (tertiary/aromatic N) is 2. The zero-order valence-corrected chi connectivity index (χ0v) is 18.5. The molecule has 33 heavy (non-hydrogen) atoms. The third-order valence-electron chi connectivity index (χ3n) is 4.51. The summed E-state index contributed by atoms with van der Waals surface area (Å²) in [5.41, 5.74) is 5.36. The number of hydrogen-bond donors (Lipinski definition) is 2. The van der Waals surface area contributed by atoms with Gasteiger partial charge in [0.05, 0.1) is 35.7 Å². The average Bonchev–Trinajstić information content (AvgIpc) is 3.27. The average molecular weight is 461 g/mol. The number of aromatic amines is 1. The Labute approximate surface area is 194 Å². The Bertz CT molecular complexity index is 1270. The van der Waals surface area contributed by atoms with Crippen molar-refractivity contribution >= 4 is 40.9 Å². The molecule has 0 saturated carbocycles. The fourth-order valence-electron chi connectivity index (χ4n) is 2.92. The van der Waals surface area contributed by atoms with Gasteiger partial charge in [0.2, 0.25) is 0 Å². The minimum Gasteiger partial charge on any atom is -0.493 e. The first-order valence-corrected chi connectivity index (χ1v) is 11.0. The molecule has 1 heterocycles. The van der Waals surface area contributed by atoms with Crippen molar-refractivity contribution in [3.05, 3.63) is 83.9 Å². The van der Waals surface area contributed by atoms with Crippen molar-refractivity contribution in [2.45, 2.75) is 5.16 Å². The normalized spacial score (nSPS) is 10.9. The lowest BCUT2D eigenvalue weighted by atomic mass is 10.2. The number of rotatable bonds is 8. The van der Waals surface area contributed by atoms with Gasteiger partial charge in [0, 0.05) is 0 Å². The largest absolute Gasteiger partial charge is 0.493 e. The van der Waals surface area contributed by atoms with Gasteiger partial charge < -0.3 is 14.5 Å². The van der Waals surface area contributed by atoms with Crippen LogP contribution in [0.25, 0.3) is 11.0 Å². The molecular weight excluding hydrogens is 440 g/mol. The fourth-order valence-corrected chi connectivity index (χ4v) is 3.60. The molecule has 166 valence electrons. The molecule has 0 bridgehead atoms. The van der Waals surface area contributed by atoms with E-state index in [2.05, 4.69) is 20.5 Å². The van der Waals surface area contributed by atoms with Crippen LogP contribution in [0.4, 0.5) is 0 Å². The molecule has 9 heteroatoms. The van der Waals surface area contributed by atoms with Gasteiger partial charge in [-0.25, -0.2) is 15.2 Å². The van der Waals surface area contributed by atoms with Crippen LogP contribution in [0.1, 0.15) is 15.9 Å². The van der Waals surface area contributed by atoms with Gasteiger partial charge >= 0.3 is 5.97 Å². The number of imidazole rings is 1. The van der Waals surface area contributed by atoms with E-state index in [1.807, 2.05) is 30.3 Å². The number of aromatic nitrogens is 2. The number of carbonyl (C=O) groups excluding carboxylic acids is 2. The summed E-state index contributed by atoms with van der Waals surface area (Å²) < 4.78 is 10.7. The minimum absolute atomic E-state index is 0.162. The number of H-pyrrole nitrogens is 1. The number of fused-ring (bicyclic) bond motifs is 1. The maximum atomic E-state index is 12.3. The summed E-state index contributed by atoms with van der Waals surface area (Å²) in [5, 5.41) is 4.65. The van der Waals surface area contributed by atoms with Gasteiger partial charge in [-0.15, -0.1) is 0 Å². The van der Waals surface area contributed by atoms with Crippen molar-refractivity contribution in [3.8, 4) is 11.5 Å². The van der Waals surface area contributed by atoms with Crippen LogP contribution in [0, 0.1) is 0 Å². The predicted octanol–water partition coefficient (Wildman–Crippen LogP) is 4.03. The summed E-state index contributed by atoms with van der Waals surface area (Å²) >= 11 is 1.29. The van der Waals surface area contributed by atoms with E-state index in [-0.39, 0.29) is 17.4 Å². The smallest absolute Gasteiger partial charge is 0.343 e. The summed E-state index contributed by atoms with van der Waals surface area (Å²) in [7, 11) is 1.48. The highest BCUT2D eigenvalue weighted by molar-refractivity contribution is 7.99. The highest BCUT2D eigenvalue weighted by atomic mass is 32.2. The zero-order chi connectivity index (χ0) is 23.0. The third kappa shape index (κ3) is 5.78. The Hall–Kier alpha value is -4.11. The highest BCUT2D eigenvalue weighted by Crippen LogP contribution is 2.28. The van der Waals surface area contributed by atoms with Crippen LogP contribution in [0.5, 0.6) is 11.5 Å². The monoisotopic (exact) mass is 460 g/mol. The summed E-state index contributed by atoms with van der Waals surface area (Å²) in [6.07, 6.45) is 1.48. The maximum Gasteiger partial charge on any atom is 0.343 e. The molecule has 4 aromatic rings. The molecule has 0 unspecified atom stereocenters. The SMILES string of the molecule is COc1cc(/C=N\NC(=O)CSc2nc3ccccc3[nH]2)ccc1OC(=O)c1ccccc1. The number of carbonyl (C=O) groups is 2. The molecule has 0 spiro atoms. The fraction of sp³-hybridized carbons (Fsp3) is 0.0833. The Balaban J connectivity index is 1.31. The molecule has 0 atom stereocenters. The first-order valence-electron chi connectivity index (χ1n) is 9.97. The number of nitrogens with one attached hydrogen (secondary N) is 2. The van der Waals surface area contributed by atoms with Crippen LogP contribution in [0.3, 0.4) is 0 Å². The van der Waals surface area contributed by atoms with E-state index < -0.39 is 5.97 Å². The summed E-state index contributed by atoms with van der Waals surface area (Å²) in [5.74, 6) is 0.0703. The second kappa shape index (κ2) is 10.5. The van der Waals surface area contributed by atoms with Gasteiger partial charge in [-0.05, 0) is 48.0 Å². The van der Waals surface area contributed by atoms with Crippen LogP contribution in [0.15, 0.2) is 83.1 Å². The first kappa shape index (κ1) is 22.1. The van der Waals surface area contributed by atoms with Crippen LogP contribution < -0.4 is 14.9 Å². The molecule has 2 N–H and O–H groups in total. The molecule has 0 aliphatic rings. The number of thioether (sulfide) groups is 1. The van der Waals surface area contributed by atoms with E-state index in [9.17, 15) is 9.59 Å². The van der Waals surface area contributed by atoms with Crippen LogP contribution in [0.2, 0.25) is 0 Å². The lowest BCUT2D eigenvalue weighted by Crippen LogP contribution is -2.19. The van der Waals surface area contributed by atoms with Gasteiger partial charge in [-0.2, -0.15) is 5.10 Å². The van der Waals surface area contributed by atoms with Crippen molar-refractivity contribution in [2.24, 2.45) is 5.10 Å². The summed E-state index contributed by atoms with van der Waals surface area (Å²) in [6.45, 7) is 0. The molecule has 1 aromatic heterocycles. The lowest BCUT2D eigenvalue weighted by molar-refractivity contribution is -0.118. The Kier molecular flexibility index (Phi) is 7.01. The van der Waals surface area contributed by atoms with E-state index >= 15 is 0 Å². The number of esters is 1. The topological polar surface area (TPSA) is 106 Å². The molecule has 0 aliphatic heterocycles.